The Hall–Kier alpha value is -2.94. The normalized spacial score (nSPS) is 10.6. The highest BCUT2D eigenvalue weighted by Crippen LogP contribution is 2.27. The second-order valence-corrected chi connectivity index (χ2v) is 5.11. The zero-order valence-corrected chi connectivity index (χ0v) is 12.8. The number of hydrogen-bond acceptors (Lipinski definition) is 5. The third kappa shape index (κ3) is 2.27. The minimum Gasteiger partial charge on any atom is -0.334 e. The second-order valence-electron chi connectivity index (χ2n) is 5.11. The monoisotopic (exact) mass is 292 g/mol. The van der Waals surface area contributed by atoms with Crippen LogP contribution in [0.2, 0.25) is 0 Å². The van der Waals surface area contributed by atoms with Crippen LogP contribution in [0.4, 0.5) is 11.5 Å². The number of imidazole rings is 1. The molecule has 0 fully saturated rings. The van der Waals surface area contributed by atoms with Gasteiger partial charge in [-0.15, -0.1) is 0 Å². The van der Waals surface area contributed by atoms with Gasteiger partial charge in [0.2, 0.25) is 0 Å². The Morgan fingerprint density at radius 2 is 2.05 bits per heavy atom. The molecule has 3 aromatic rings. The largest absolute Gasteiger partial charge is 0.334 e. The summed E-state index contributed by atoms with van der Waals surface area (Å²) in [5.41, 5.74) is 4.35. The van der Waals surface area contributed by atoms with E-state index in [1.54, 1.807) is 18.7 Å². The average molecular weight is 292 g/mol. The Labute approximate surface area is 128 Å². The summed E-state index contributed by atoms with van der Waals surface area (Å²) >= 11 is 0. The van der Waals surface area contributed by atoms with Gasteiger partial charge in [-0.1, -0.05) is 6.92 Å². The minimum atomic E-state index is 0.434. The van der Waals surface area contributed by atoms with Gasteiger partial charge in [0.25, 0.3) is 0 Å². The van der Waals surface area contributed by atoms with Crippen molar-refractivity contribution in [3.05, 3.63) is 42.1 Å². The lowest BCUT2D eigenvalue weighted by Crippen LogP contribution is -2.14. The van der Waals surface area contributed by atoms with Crippen molar-refractivity contribution in [3.63, 3.8) is 0 Å². The van der Waals surface area contributed by atoms with Crippen LogP contribution >= 0.6 is 0 Å². The third-order valence-electron chi connectivity index (χ3n) is 3.76. The Kier molecular flexibility index (Phi) is 3.47. The molecule has 0 unspecified atom stereocenters. The Bertz CT molecular complexity index is 874. The van der Waals surface area contributed by atoms with Crippen molar-refractivity contribution in [2.24, 2.45) is 7.05 Å². The maximum Gasteiger partial charge on any atom is 0.140 e. The Morgan fingerprint density at radius 1 is 1.23 bits per heavy atom. The van der Waals surface area contributed by atoms with E-state index < -0.39 is 0 Å². The van der Waals surface area contributed by atoms with Crippen LogP contribution < -0.4 is 4.90 Å². The third-order valence-corrected chi connectivity index (χ3v) is 3.76. The van der Waals surface area contributed by atoms with E-state index in [2.05, 4.69) is 27.9 Å². The number of nitrogens with zero attached hydrogens (tertiary/aromatic N) is 6. The summed E-state index contributed by atoms with van der Waals surface area (Å²) in [5.74, 6) is 0.817. The zero-order valence-electron chi connectivity index (χ0n) is 12.8. The molecule has 0 N–H and O–H groups in total. The summed E-state index contributed by atoms with van der Waals surface area (Å²) < 4.78 is 1.96. The Balaban J connectivity index is 2.07. The number of rotatable bonds is 3. The molecule has 0 radical (unpaired) electrons. The molecule has 6 nitrogen and oxygen atoms in total. The standard InChI is InChI=1S/C16H16N6/c1-4-11-5-12(7-17)18-9-15(11)22(3)16-6-14-13(8-19-16)20-10-21(14)2/h5-6,8-10H,4H2,1-3H3. The molecular weight excluding hydrogens is 276 g/mol. The molecule has 3 rings (SSSR count). The van der Waals surface area contributed by atoms with Crippen molar-refractivity contribution in [1.29, 1.82) is 5.26 Å². The van der Waals surface area contributed by atoms with Crippen molar-refractivity contribution in [2.45, 2.75) is 13.3 Å². The second kappa shape index (κ2) is 5.45. The molecule has 0 amide bonds. The molecule has 0 aliphatic heterocycles. The number of anilines is 2. The first-order chi connectivity index (χ1) is 10.6. The molecule has 0 bridgehead atoms. The van der Waals surface area contributed by atoms with Crippen LogP contribution in [0.5, 0.6) is 0 Å². The summed E-state index contributed by atoms with van der Waals surface area (Å²) in [7, 11) is 3.91. The van der Waals surface area contributed by atoms with Gasteiger partial charge in [-0.3, -0.25) is 0 Å². The van der Waals surface area contributed by atoms with Gasteiger partial charge in [0.1, 0.15) is 23.1 Å². The van der Waals surface area contributed by atoms with Gasteiger partial charge >= 0.3 is 0 Å². The highest BCUT2D eigenvalue weighted by molar-refractivity contribution is 5.79. The topological polar surface area (TPSA) is 70.6 Å². The smallest absolute Gasteiger partial charge is 0.140 e. The first kappa shape index (κ1) is 14.0. The molecule has 0 aliphatic carbocycles. The number of aromatic nitrogens is 4. The van der Waals surface area contributed by atoms with Crippen LogP contribution in [0.3, 0.4) is 0 Å². The van der Waals surface area contributed by atoms with E-state index in [9.17, 15) is 0 Å². The molecule has 3 aromatic heterocycles. The van der Waals surface area contributed by atoms with Gasteiger partial charge in [-0.05, 0) is 18.1 Å². The molecule has 0 spiro atoms. The van der Waals surface area contributed by atoms with E-state index in [1.165, 1.54) is 0 Å². The summed E-state index contributed by atoms with van der Waals surface area (Å²) in [6.45, 7) is 2.06. The number of fused-ring (bicyclic) bond motifs is 1. The quantitative estimate of drug-likeness (QED) is 0.742. The van der Waals surface area contributed by atoms with Crippen molar-refractivity contribution in [3.8, 4) is 6.07 Å². The van der Waals surface area contributed by atoms with Crippen LogP contribution in [0.1, 0.15) is 18.2 Å². The molecule has 0 aliphatic rings. The van der Waals surface area contributed by atoms with E-state index in [-0.39, 0.29) is 0 Å². The number of pyridine rings is 2. The first-order valence-electron chi connectivity index (χ1n) is 7.04. The van der Waals surface area contributed by atoms with Gasteiger partial charge in [-0.2, -0.15) is 5.26 Å². The zero-order chi connectivity index (χ0) is 15.7. The minimum absolute atomic E-state index is 0.434. The molecule has 0 saturated heterocycles. The van der Waals surface area contributed by atoms with Crippen LogP contribution in [0.15, 0.2) is 30.9 Å². The van der Waals surface area contributed by atoms with Gasteiger partial charge in [0.05, 0.1) is 29.9 Å². The van der Waals surface area contributed by atoms with E-state index in [1.807, 2.05) is 35.7 Å². The maximum absolute atomic E-state index is 8.98. The van der Waals surface area contributed by atoms with Gasteiger partial charge in [-0.25, -0.2) is 15.0 Å². The van der Waals surface area contributed by atoms with Crippen LogP contribution in [0.25, 0.3) is 11.0 Å². The maximum atomic E-state index is 8.98. The lowest BCUT2D eigenvalue weighted by atomic mass is 10.1. The summed E-state index contributed by atoms with van der Waals surface area (Å²) in [4.78, 5) is 14.9. The fourth-order valence-corrected chi connectivity index (χ4v) is 2.46. The Morgan fingerprint density at radius 3 is 2.77 bits per heavy atom. The SMILES string of the molecule is CCc1cc(C#N)ncc1N(C)c1cc2c(cn1)ncn2C. The number of hydrogen-bond donors (Lipinski definition) is 0. The van der Waals surface area contributed by atoms with Crippen LogP contribution in [0, 0.1) is 11.3 Å². The van der Waals surface area contributed by atoms with E-state index in [0.717, 1.165) is 34.5 Å². The van der Waals surface area contributed by atoms with Crippen molar-refractivity contribution in [1.82, 2.24) is 19.5 Å². The van der Waals surface area contributed by atoms with Crippen molar-refractivity contribution < 1.29 is 0 Å². The van der Waals surface area contributed by atoms with E-state index in [0.29, 0.717) is 5.69 Å². The van der Waals surface area contributed by atoms with Crippen molar-refractivity contribution in [2.75, 3.05) is 11.9 Å². The average Bonchev–Trinajstić information content (AvgIpc) is 2.94. The predicted octanol–water partition coefficient (Wildman–Crippen LogP) is 2.57. The molecule has 3 heterocycles. The van der Waals surface area contributed by atoms with Gasteiger partial charge < -0.3 is 9.47 Å². The van der Waals surface area contributed by atoms with E-state index >= 15 is 0 Å². The molecule has 0 atom stereocenters. The lowest BCUT2D eigenvalue weighted by Gasteiger charge is -2.21. The number of aryl methyl sites for hydroxylation is 2. The summed E-state index contributed by atoms with van der Waals surface area (Å²) in [6, 6.07) is 5.91. The van der Waals surface area contributed by atoms with Crippen molar-refractivity contribution >= 4 is 22.5 Å². The molecular formula is C16H16N6. The lowest BCUT2D eigenvalue weighted by molar-refractivity contribution is 0.946. The highest BCUT2D eigenvalue weighted by atomic mass is 15.2. The number of nitriles is 1. The van der Waals surface area contributed by atoms with E-state index in [4.69, 9.17) is 5.26 Å². The summed E-state index contributed by atoms with van der Waals surface area (Å²) in [5, 5.41) is 8.98. The summed E-state index contributed by atoms with van der Waals surface area (Å²) in [6.07, 6.45) is 6.10. The molecule has 0 saturated carbocycles. The molecule has 110 valence electrons. The molecule has 22 heavy (non-hydrogen) atoms. The fraction of sp³-hybridized carbons (Fsp3) is 0.250. The highest BCUT2D eigenvalue weighted by Gasteiger charge is 2.13. The van der Waals surface area contributed by atoms with Gasteiger partial charge in [0, 0.05) is 20.2 Å². The van der Waals surface area contributed by atoms with Crippen LogP contribution in [-0.4, -0.2) is 26.6 Å². The molecule has 6 heteroatoms. The van der Waals surface area contributed by atoms with Gasteiger partial charge in [0.15, 0.2) is 0 Å². The molecule has 0 aromatic carbocycles. The predicted molar refractivity (Wildman–Crippen MR) is 84.9 cm³/mol. The fourth-order valence-electron chi connectivity index (χ4n) is 2.46. The van der Waals surface area contributed by atoms with Crippen LogP contribution in [-0.2, 0) is 13.5 Å². The first-order valence-corrected chi connectivity index (χ1v) is 7.04.